The fourth-order valence-electron chi connectivity index (χ4n) is 7.62. The number of fused-ring (bicyclic) bond motifs is 7. The molecule has 10 rings (SSSR count). The zero-order valence-electron chi connectivity index (χ0n) is 27.8. The van der Waals surface area contributed by atoms with Crippen molar-refractivity contribution in [3.63, 3.8) is 0 Å². The Morgan fingerprint density at radius 3 is 1.51 bits per heavy atom. The van der Waals surface area contributed by atoms with Crippen LogP contribution in [0, 0.1) is 0 Å². The molecule has 0 fully saturated rings. The van der Waals surface area contributed by atoms with E-state index in [0.717, 1.165) is 44.7 Å². The van der Waals surface area contributed by atoms with E-state index in [2.05, 4.69) is 204 Å². The lowest BCUT2D eigenvalue weighted by atomic mass is 10.0. The Labute approximate surface area is 295 Å². The fourth-order valence-corrected chi connectivity index (χ4v) is 7.62. The van der Waals surface area contributed by atoms with Gasteiger partial charge in [0.2, 0.25) is 0 Å². The minimum absolute atomic E-state index is 0.860. The Morgan fingerprint density at radius 1 is 0.353 bits per heavy atom. The van der Waals surface area contributed by atoms with Gasteiger partial charge in [-0.1, -0.05) is 121 Å². The molecule has 10 aromatic rings. The minimum Gasteiger partial charge on any atom is -0.456 e. The number of rotatable bonds is 6. The SMILES string of the molecule is c1ccc(-c2ccc(N(c3ccc(-c4ccccc4)cc3)c3ccc4c(c3)oc3ccc5c(c6ccccc6n5-c5ccccc5)c34)cc2)cc1. The zero-order chi connectivity index (χ0) is 33.7. The van der Waals surface area contributed by atoms with Crippen LogP contribution in [-0.4, -0.2) is 4.57 Å². The highest BCUT2D eigenvalue weighted by Crippen LogP contribution is 2.44. The third-order valence-corrected chi connectivity index (χ3v) is 9.99. The van der Waals surface area contributed by atoms with Gasteiger partial charge in [0.05, 0.1) is 11.0 Å². The molecule has 2 aromatic heterocycles. The minimum atomic E-state index is 0.860. The summed E-state index contributed by atoms with van der Waals surface area (Å²) in [6.45, 7) is 0. The average molecular weight is 653 g/mol. The van der Waals surface area contributed by atoms with Gasteiger partial charge in [-0.25, -0.2) is 0 Å². The lowest BCUT2D eigenvalue weighted by Gasteiger charge is -2.26. The van der Waals surface area contributed by atoms with Crippen molar-refractivity contribution in [3.8, 4) is 27.9 Å². The van der Waals surface area contributed by atoms with E-state index < -0.39 is 0 Å². The van der Waals surface area contributed by atoms with Crippen molar-refractivity contribution < 1.29 is 4.42 Å². The van der Waals surface area contributed by atoms with Crippen molar-refractivity contribution in [2.45, 2.75) is 0 Å². The van der Waals surface area contributed by atoms with E-state index in [9.17, 15) is 0 Å². The molecule has 3 nitrogen and oxygen atoms in total. The van der Waals surface area contributed by atoms with Gasteiger partial charge in [-0.2, -0.15) is 0 Å². The van der Waals surface area contributed by atoms with Gasteiger partial charge in [-0.05, 0) is 89.0 Å². The van der Waals surface area contributed by atoms with Crippen LogP contribution in [0.2, 0.25) is 0 Å². The summed E-state index contributed by atoms with van der Waals surface area (Å²) < 4.78 is 9.06. The van der Waals surface area contributed by atoms with Crippen LogP contribution in [0.3, 0.4) is 0 Å². The monoisotopic (exact) mass is 652 g/mol. The van der Waals surface area contributed by atoms with E-state index in [-0.39, 0.29) is 0 Å². The summed E-state index contributed by atoms with van der Waals surface area (Å²) in [5.41, 5.74) is 13.2. The van der Waals surface area contributed by atoms with E-state index in [1.165, 1.54) is 44.1 Å². The molecule has 0 aliphatic rings. The van der Waals surface area contributed by atoms with Crippen LogP contribution in [-0.2, 0) is 0 Å². The van der Waals surface area contributed by atoms with Gasteiger partial charge in [0.25, 0.3) is 0 Å². The smallest absolute Gasteiger partial charge is 0.137 e. The van der Waals surface area contributed by atoms with Gasteiger partial charge < -0.3 is 13.9 Å². The van der Waals surface area contributed by atoms with E-state index in [1.54, 1.807) is 0 Å². The summed E-state index contributed by atoms with van der Waals surface area (Å²) in [6.07, 6.45) is 0. The molecule has 3 heteroatoms. The van der Waals surface area contributed by atoms with Crippen molar-refractivity contribution in [2.75, 3.05) is 4.90 Å². The van der Waals surface area contributed by atoms with E-state index in [0.29, 0.717) is 0 Å². The molecule has 0 unspecified atom stereocenters. The van der Waals surface area contributed by atoms with Crippen LogP contribution in [0.1, 0.15) is 0 Å². The molecule has 0 saturated heterocycles. The molecule has 0 N–H and O–H groups in total. The third kappa shape index (κ3) is 4.90. The predicted octanol–water partition coefficient (Wildman–Crippen LogP) is 13.5. The summed E-state index contributed by atoms with van der Waals surface area (Å²) in [4.78, 5) is 2.31. The highest BCUT2D eigenvalue weighted by molar-refractivity contribution is 6.27. The van der Waals surface area contributed by atoms with Crippen molar-refractivity contribution in [1.82, 2.24) is 4.57 Å². The number of furan rings is 1. The molecule has 0 saturated carbocycles. The lowest BCUT2D eigenvalue weighted by molar-refractivity contribution is 0.669. The summed E-state index contributed by atoms with van der Waals surface area (Å²) >= 11 is 0. The van der Waals surface area contributed by atoms with Gasteiger partial charge in [0.15, 0.2) is 0 Å². The number of aromatic nitrogens is 1. The quantitative estimate of drug-likeness (QED) is 0.178. The second-order valence-corrected chi connectivity index (χ2v) is 13.0. The second-order valence-electron chi connectivity index (χ2n) is 13.0. The largest absolute Gasteiger partial charge is 0.456 e. The first-order chi connectivity index (χ1) is 25.3. The molecule has 0 spiro atoms. The summed E-state index contributed by atoms with van der Waals surface area (Å²) in [5.74, 6) is 0. The zero-order valence-corrected chi connectivity index (χ0v) is 27.8. The van der Waals surface area contributed by atoms with Gasteiger partial charge in [-0.3, -0.25) is 0 Å². The molecular weight excluding hydrogens is 621 g/mol. The van der Waals surface area contributed by atoms with Gasteiger partial charge in [-0.15, -0.1) is 0 Å². The standard InChI is InChI=1S/C48H32N2O/c1-4-12-33(13-5-1)35-20-24-38(25-21-35)49(39-26-22-36(23-27-39)34-14-6-2-7-15-34)40-28-29-42-46(32-40)51-45-31-30-44-47(48(42)45)41-18-10-11-19-43(41)50(44)37-16-8-3-9-17-37/h1-32H. The molecule has 0 bridgehead atoms. The van der Waals surface area contributed by atoms with Crippen molar-refractivity contribution >= 4 is 60.8 Å². The molecule has 0 atom stereocenters. The number of anilines is 3. The Balaban J connectivity index is 1.14. The third-order valence-electron chi connectivity index (χ3n) is 9.99. The molecule has 0 aliphatic heterocycles. The van der Waals surface area contributed by atoms with E-state index in [1.807, 2.05) is 0 Å². The van der Waals surface area contributed by atoms with Crippen LogP contribution >= 0.6 is 0 Å². The molecule has 0 amide bonds. The molecule has 2 heterocycles. The van der Waals surface area contributed by atoms with Gasteiger partial charge in [0, 0.05) is 50.4 Å². The molecule has 8 aromatic carbocycles. The number of benzene rings is 8. The first kappa shape index (κ1) is 29.1. The Hall–Kier alpha value is -6.84. The summed E-state index contributed by atoms with van der Waals surface area (Å²) in [5, 5.41) is 4.68. The predicted molar refractivity (Wildman–Crippen MR) is 214 cm³/mol. The first-order valence-electron chi connectivity index (χ1n) is 17.4. The highest BCUT2D eigenvalue weighted by Gasteiger charge is 2.20. The number of hydrogen-bond acceptors (Lipinski definition) is 2. The number of para-hydroxylation sites is 2. The molecule has 0 radical (unpaired) electrons. The first-order valence-corrected chi connectivity index (χ1v) is 17.4. The highest BCUT2D eigenvalue weighted by atomic mass is 16.3. The van der Waals surface area contributed by atoms with Crippen LogP contribution in [0.25, 0.3) is 71.7 Å². The van der Waals surface area contributed by atoms with Crippen LogP contribution in [0.4, 0.5) is 17.1 Å². The molecule has 0 aliphatic carbocycles. The topological polar surface area (TPSA) is 21.3 Å². The maximum Gasteiger partial charge on any atom is 0.137 e. The van der Waals surface area contributed by atoms with Crippen molar-refractivity contribution in [2.24, 2.45) is 0 Å². The van der Waals surface area contributed by atoms with Crippen molar-refractivity contribution in [1.29, 1.82) is 0 Å². The van der Waals surface area contributed by atoms with E-state index >= 15 is 0 Å². The van der Waals surface area contributed by atoms with Gasteiger partial charge >= 0.3 is 0 Å². The molecule has 51 heavy (non-hydrogen) atoms. The number of nitrogens with zero attached hydrogens (tertiary/aromatic N) is 2. The van der Waals surface area contributed by atoms with Crippen molar-refractivity contribution in [3.05, 3.63) is 194 Å². The Bertz CT molecular complexity index is 2730. The van der Waals surface area contributed by atoms with Gasteiger partial charge in [0.1, 0.15) is 11.2 Å². The maximum absolute atomic E-state index is 6.70. The lowest BCUT2D eigenvalue weighted by Crippen LogP contribution is -2.09. The number of hydrogen-bond donors (Lipinski definition) is 0. The van der Waals surface area contributed by atoms with Crippen LogP contribution < -0.4 is 4.90 Å². The normalized spacial score (nSPS) is 11.5. The fraction of sp³-hybridized carbons (Fsp3) is 0. The maximum atomic E-state index is 6.70. The van der Waals surface area contributed by atoms with E-state index in [4.69, 9.17) is 4.42 Å². The second kappa shape index (κ2) is 11.9. The summed E-state index contributed by atoms with van der Waals surface area (Å²) in [7, 11) is 0. The Morgan fingerprint density at radius 2 is 0.882 bits per heavy atom. The van der Waals surface area contributed by atoms with Crippen LogP contribution in [0.5, 0.6) is 0 Å². The summed E-state index contributed by atoms with van der Waals surface area (Å²) in [6, 6.07) is 68.9. The Kier molecular flexibility index (Phi) is 6.81. The van der Waals surface area contributed by atoms with Crippen LogP contribution in [0.15, 0.2) is 199 Å². The average Bonchev–Trinajstić information content (AvgIpc) is 3.75. The molecule has 240 valence electrons. The molecular formula is C48H32N2O.